The SMILES string of the molecule is CN(C)c1ccc(C(=O)N2CCNCC2)cc1. The van der Waals surface area contributed by atoms with Crippen molar-refractivity contribution >= 4 is 11.6 Å². The van der Waals surface area contributed by atoms with E-state index in [4.69, 9.17) is 0 Å². The highest BCUT2D eigenvalue weighted by Gasteiger charge is 2.17. The zero-order chi connectivity index (χ0) is 12.3. The van der Waals surface area contributed by atoms with Crippen molar-refractivity contribution in [1.82, 2.24) is 10.2 Å². The summed E-state index contributed by atoms with van der Waals surface area (Å²) in [6.45, 7) is 3.38. The van der Waals surface area contributed by atoms with Gasteiger partial charge in [-0.2, -0.15) is 0 Å². The third-order valence-electron chi connectivity index (χ3n) is 3.03. The van der Waals surface area contributed by atoms with Crippen LogP contribution in [0.3, 0.4) is 0 Å². The molecule has 1 aromatic rings. The second-order valence-corrected chi connectivity index (χ2v) is 4.48. The minimum Gasteiger partial charge on any atom is -0.378 e. The average Bonchev–Trinajstić information content (AvgIpc) is 2.39. The first-order chi connectivity index (χ1) is 8.18. The van der Waals surface area contributed by atoms with Crippen LogP contribution in [-0.4, -0.2) is 51.1 Å². The first-order valence-electron chi connectivity index (χ1n) is 5.96. The summed E-state index contributed by atoms with van der Waals surface area (Å²) in [6, 6.07) is 7.77. The molecule has 0 saturated carbocycles. The van der Waals surface area contributed by atoms with Crippen molar-refractivity contribution < 1.29 is 4.79 Å². The van der Waals surface area contributed by atoms with Crippen LogP contribution in [0, 0.1) is 0 Å². The normalized spacial score (nSPS) is 15.8. The number of benzene rings is 1. The largest absolute Gasteiger partial charge is 0.378 e. The Kier molecular flexibility index (Phi) is 3.64. The first kappa shape index (κ1) is 11.9. The Hall–Kier alpha value is -1.55. The maximum atomic E-state index is 12.2. The molecule has 1 amide bonds. The molecule has 4 heteroatoms. The van der Waals surface area contributed by atoms with E-state index < -0.39 is 0 Å². The van der Waals surface area contributed by atoms with E-state index >= 15 is 0 Å². The highest BCUT2D eigenvalue weighted by molar-refractivity contribution is 5.94. The predicted molar refractivity (Wildman–Crippen MR) is 69.5 cm³/mol. The second kappa shape index (κ2) is 5.19. The summed E-state index contributed by atoms with van der Waals surface area (Å²) in [5.74, 6) is 0.136. The van der Waals surface area contributed by atoms with E-state index in [1.165, 1.54) is 0 Å². The quantitative estimate of drug-likeness (QED) is 0.820. The summed E-state index contributed by atoms with van der Waals surface area (Å²) in [5.41, 5.74) is 1.89. The van der Waals surface area contributed by atoms with Gasteiger partial charge in [-0.3, -0.25) is 4.79 Å². The van der Waals surface area contributed by atoms with Gasteiger partial charge in [0.05, 0.1) is 0 Å². The molecule has 0 spiro atoms. The Balaban J connectivity index is 2.08. The van der Waals surface area contributed by atoms with Crippen LogP contribution in [0.1, 0.15) is 10.4 Å². The van der Waals surface area contributed by atoms with Gasteiger partial charge in [0.1, 0.15) is 0 Å². The van der Waals surface area contributed by atoms with E-state index in [1.54, 1.807) is 0 Å². The van der Waals surface area contributed by atoms with Crippen molar-refractivity contribution in [3.8, 4) is 0 Å². The molecule has 0 bridgehead atoms. The van der Waals surface area contributed by atoms with Gasteiger partial charge in [-0.1, -0.05) is 0 Å². The lowest BCUT2D eigenvalue weighted by Crippen LogP contribution is -2.46. The lowest BCUT2D eigenvalue weighted by atomic mass is 10.1. The van der Waals surface area contributed by atoms with Gasteiger partial charge in [-0.05, 0) is 24.3 Å². The molecule has 1 fully saturated rings. The van der Waals surface area contributed by atoms with Crippen molar-refractivity contribution in [2.45, 2.75) is 0 Å². The van der Waals surface area contributed by atoms with Crippen LogP contribution in [0.25, 0.3) is 0 Å². The zero-order valence-corrected chi connectivity index (χ0v) is 10.4. The van der Waals surface area contributed by atoms with E-state index in [0.717, 1.165) is 37.4 Å². The summed E-state index contributed by atoms with van der Waals surface area (Å²) in [4.78, 5) is 16.1. The number of carbonyl (C=O) groups is 1. The molecular formula is C13H19N3O. The fraction of sp³-hybridized carbons (Fsp3) is 0.462. The highest BCUT2D eigenvalue weighted by atomic mass is 16.2. The summed E-state index contributed by atoms with van der Waals surface area (Å²) < 4.78 is 0. The fourth-order valence-corrected chi connectivity index (χ4v) is 1.95. The minimum atomic E-state index is 0.136. The van der Waals surface area contributed by atoms with Gasteiger partial charge in [-0.15, -0.1) is 0 Å². The number of amides is 1. The van der Waals surface area contributed by atoms with Gasteiger partial charge in [-0.25, -0.2) is 0 Å². The van der Waals surface area contributed by atoms with Crippen molar-refractivity contribution in [2.75, 3.05) is 45.2 Å². The molecule has 0 atom stereocenters. The van der Waals surface area contributed by atoms with Crippen LogP contribution >= 0.6 is 0 Å². The molecular weight excluding hydrogens is 214 g/mol. The Morgan fingerprint density at radius 3 is 2.29 bits per heavy atom. The molecule has 1 aromatic carbocycles. The predicted octanol–water partition coefficient (Wildman–Crippen LogP) is 0.798. The Bertz CT molecular complexity index is 380. The molecule has 1 aliphatic rings. The number of piperazine rings is 1. The van der Waals surface area contributed by atoms with E-state index in [2.05, 4.69) is 5.32 Å². The third-order valence-corrected chi connectivity index (χ3v) is 3.03. The van der Waals surface area contributed by atoms with E-state index in [1.807, 2.05) is 48.2 Å². The number of nitrogens with one attached hydrogen (secondary N) is 1. The van der Waals surface area contributed by atoms with Crippen molar-refractivity contribution in [3.63, 3.8) is 0 Å². The maximum Gasteiger partial charge on any atom is 0.253 e. The van der Waals surface area contributed by atoms with Crippen molar-refractivity contribution in [1.29, 1.82) is 0 Å². The number of carbonyl (C=O) groups excluding carboxylic acids is 1. The number of hydrogen-bond donors (Lipinski definition) is 1. The molecule has 17 heavy (non-hydrogen) atoms. The van der Waals surface area contributed by atoms with Gasteiger partial charge >= 0.3 is 0 Å². The lowest BCUT2D eigenvalue weighted by Gasteiger charge is -2.27. The fourth-order valence-electron chi connectivity index (χ4n) is 1.95. The Morgan fingerprint density at radius 1 is 1.18 bits per heavy atom. The molecule has 2 rings (SSSR count). The van der Waals surface area contributed by atoms with Gasteiger partial charge in [0, 0.05) is 51.5 Å². The van der Waals surface area contributed by atoms with Gasteiger partial charge in [0.2, 0.25) is 0 Å². The molecule has 0 aromatic heterocycles. The Labute approximate surface area is 102 Å². The average molecular weight is 233 g/mol. The van der Waals surface area contributed by atoms with E-state index in [-0.39, 0.29) is 5.91 Å². The van der Waals surface area contributed by atoms with Crippen molar-refractivity contribution in [2.24, 2.45) is 0 Å². The number of anilines is 1. The van der Waals surface area contributed by atoms with Crippen LogP contribution in [0.2, 0.25) is 0 Å². The highest BCUT2D eigenvalue weighted by Crippen LogP contribution is 2.14. The molecule has 1 heterocycles. The smallest absolute Gasteiger partial charge is 0.253 e. The van der Waals surface area contributed by atoms with Crippen LogP contribution in [0.4, 0.5) is 5.69 Å². The third kappa shape index (κ3) is 2.77. The monoisotopic (exact) mass is 233 g/mol. The first-order valence-corrected chi connectivity index (χ1v) is 5.96. The van der Waals surface area contributed by atoms with Crippen LogP contribution < -0.4 is 10.2 Å². The summed E-state index contributed by atoms with van der Waals surface area (Å²) in [7, 11) is 3.99. The van der Waals surface area contributed by atoms with Crippen molar-refractivity contribution in [3.05, 3.63) is 29.8 Å². The van der Waals surface area contributed by atoms with Crippen LogP contribution in [-0.2, 0) is 0 Å². The van der Waals surface area contributed by atoms with Crippen LogP contribution in [0.15, 0.2) is 24.3 Å². The molecule has 1 saturated heterocycles. The van der Waals surface area contributed by atoms with Gasteiger partial charge < -0.3 is 15.1 Å². The molecule has 92 valence electrons. The summed E-state index contributed by atoms with van der Waals surface area (Å²) in [5, 5.41) is 3.24. The van der Waals surface area contributed by atoms with E-state index in [0.29, 0.717) is 0 Å². The van der Waals surface area contributed by atoms with E-state index in [9.17, 15) is 4.79 Å². The topological polar surface area (TPSA) is 35.6 Å². The second-order valence-electron chi connectivity index (χ2n) is 4.48. The molecule has 0 radical (unpaired) electrons. The molecule has 4 nitrogen and oxygen atoms in total. The molecule has 1 aliphatic heterocycles. The Morgan fingerprint density at radius 2 is 1.76 bits per heavy atom. The molecule has 0 aliphatic carbocycles. The molecule has 0 unspecified atom stereocenters. The zero-order valence-electron chi connectivity index (χ0n) is 10.4. The minimum absolute atomic E-state index is 0.136. The van der Waals surface area contributed by atoms with Crippen LogP contribution in [0.5, 0.6) is 0 Å². The summed E-state index contributed by atoms with van der Waals surface area (Å²) >= 11 is 0. The molecule has 1 N–H and O–H groups in total. The summed E-state index contributed by atoms with van der Waals surface area (Å²) in [6.07, 6.45) is 0. The lowest BCUT2D eigenvalue weighted by molar-refractivity contribution is 0.0736. The van der Waals surface area contributed by atoms with Gasteiger partial charge in [0.15, 0.2) is 0 Å². The number of hydrogen-bond acceptors (Lipinski definition) is 3. The number of nitrogens with zero attached hydrogens (tertiary/aromatic N) is 2. The maximum absolute atomic E-state index is 12.2. The van der Waals surface area contributed by atoms with Gasteiger partial charge in [0.25, 0.3) is 5.91 Å². The standard InChI is InChI=1S/C13H19N3O/c1-15(2)12-5-3-11(4-6-12)13(17)16-9-7-14-8-10-16/h3-6,14H,7-10H2,1-2H3. The number of rotatable bonds is 2.